The highest BCUT2D eigenvalue weighted by Gasteiger charge is 1.95. The fourth-order valence-electron chi connectivity index (χ4n) is 1.61. The summed E-state index contributed by atoms with van der Waals surface area (Å²) in [6, 6.07) is 15.9. The summed E-state index contributed by atoms with van der Waals surface area (Å²) in [5.41, 5.74) is 2.20. The molecule has 0 saturated heterocycles. The summed E-state index contributed by atoms with van der Waals surface area (Å²) in [7, 11) is 0. The van der Waals surface area contributed by atoms with Gasteiger partial charge in [0.15, 0.2) is 0 Å². The lowest BCUT2D eigenvalue weighted by molar-refractivity contribution is 0.333. The average molecular weight is 341 g/mol. The molecule has 0 radical (unpaired) electrons. The smallest absolute Gasteiger partial charge is 0.119 e. The Morgan fingerprint density at radius 1 is 1.00 bits per heavy atom. The van der Waals surface area contributed by atoms with Gasteiger partial charge in [-0.3, -0.25) is 0 Å². The van der Waals surface area contributed by atoms with Crippen molar-refractivity contribution < 1.29 is 4.74 Å². The number of rotatable bonds is 6. The predicted octanol–water partition coefficient (Wildman–Crippen LogP) is 4.68. The van der Waals surface area contributed by atoms with Crippen LogP contribution in [0.25, 0.3) is 0 Å². The fraction of sp³-hybridized carbons (Fsp3) is 0.200. The number of alkyl halides is 1. The van der Waals surface area contributed by atoms with Crippen molar-refractivity contribution >= 4 is 33.2 Å². The molecule has 0 bridgehead atoms. The molecule has 2 aromatic carbocycles. The Morgan fingerprint density at radius 2 is 1.68 bits per heavy atom. The van der Waals surface area contributed by atoms with E-state index >= 15 is 0 Å². The molecule has 2 nitrogen and oxygen atoms in total. The first kappa shape index (κ1) is 14.2. The fourth-order valence-corrected chi connectivity index (χ4v) is 2.05. The molecule has 0 aromatic heterocycles. The zero-order chi connectivity index (χ0) is 13.5. The maximum atomic E-state index is 5.74. The van der Waals surface area contributed by atoms with Gasteiger partial charge in [0.05, 0.1) is 0 Å². The lowest BCUT2D eigenvalue weighted by Crippen LogP contribution is -2.11. The molecule has 100 valence electrons. The average Bonchev–Trinajstić information content (AvgIpc) is 2.46. The SMILES string of the molecule is ClCc1ccc(NCCOc2ccc(Br)cc2)cc1. The largest absolute Gasteiger partial charge is 0.492 e. The molecule has 0 unspecified atom stereocenters. The topological polar surface area (TPSA) is 21.3 Å². The number of hydrogen-bond acceptors (Lipinski definition) is 2. The maximum Gasteiger partial charge on any atom is 0.119 e. The van der Waals surface area contributed by atoms with Gasteiger partial charge in [-0.1, -0.05) is 28.1 Å². The van der Waals surface area contributed by atoms with E-state index in [9.17, 15) is 0 Å². The first-order valence-electron chi connectivity index (χ1n) is 6.05. The molecule has 0 aliphatic carbocycles. The third-order valence-electron chi connectivity index (χ3n) is 2.62. The van der Waals surface area contributed by atoms with Gasteiger partial charge in [-0.05, 0) is 42.0 Å². The third-order valence-corrected chi connectivity index (χ3v) is 3.46. The number of hydrogen-bond donors (Lipinski definition) is 1. The van der Waals surface area contributed by atoms with Crippen LogP contribution in [0.3, 0.4) is 0 Å². The standard InChI is InChI=1S/C15H15BrClNO/c16-13-3-7-15(8-4-13)19-10-9-18-14-5-1-12(11-17)2-6-14/h1-8,18H,9-11H2. The minimum Gasteiger partial charge on any atom is -0.492 e. The molecule has 4 heteroatoms. The molecule has 2 rings (SSSR count). The van der Waals surface area contributed by atoms with Gasteiger partial charge in [-0.15, -0.1) is 11.6 Å². The number of anilines is 1. The molecule has 0 atom stereocenters. The molecule has 0 amide bonds. The summed E-state index contributed by atoms with van der Waals surface area (Å²) >= 11 is 9.13. The van der Waals surface area contributed by atoms with E-state index in [0.717, 1.165) is 28.0 Å². The van der Waals surface area contributed by atoms with Crippen molar-refractivity contribution in [3.63, 3.8) is 0 Å². The lowest BCUT2D eigenvalue weighted by Gasteiger charge is -2.09. The van der Waals surface area contributed by atoms with Crippen LogP contribution >= 0.6 is 27.5 Å². The van der Waals surface area contributed by atoms with Crippen LogP contribution in [0.5, 0.6) is 5.75 Å². The minimum absolute atomic E-state index is 0.549. The van der Waals surface area contributed by atoms with Crippen LogP contribution in [0.4, 0.5) is 5.69 Å². The van der Waals surface area contributed by atoms with Gasteiger partial charge in [-0.25, -0.2) is 0 Å². The van der Waals surface area contributed by atoms with E-state index in [1.807, 2.05) is 48.5 Å². The van der Waals surface area contributed by atoms with E-state index in [-0.39, 0.29) is 0 Å². The van der Waals surface area contributed by atoms with E-state index in [2.05, 4.69) is 21.2 Å². The summed E-state index contributed by atoms with van der Waals surface area (Å²) in [6.45, 7) is 1.38. The molecular weight excluding hydrogens is 326 g/mol. The molecule has 0 fully saturated rings. The van der Waals surface area contributed by atoms with Gasteiger partial charge in [0.1, 0.15) is 12.4 Å². The summed E-state index contributed by atoms with van der Waals surface area (Å²) in [5, 5.41) is 3.30. The highest BCUT2D eigenvalue weighted by atomic mass is 79.9. The number of benzene rings is 2. The van der Waals surface area contributed by atoms with Gasteiger partial charge >= 0.3 is 0 Å². The Labute approximate surface area is 126 Å². The Kier molecular flexibility index (Phi) is 5.55. The molecule has 0 heterocycles. The van der Waals surface area contributed by atoms with E-state index < -0.39 is 0 Å². The molecule has 0 saturated carbocycles. The van der Waals surface area contributed by atoms with Crippen LogP contribution in [0.2, 0.25) is 0 Å². The van der Waals surface area contributed by atoms with Crippen LogP contribution in [0.15, 0.2) is 53.0 Å². The Hall–Kier alpha value is -1.19. The second-order valence-electron chi connectivity index (χ2n) is 4.06. The molecule has 0 aliphatic rings. The summed E-state index contributed by atoms with van der Waals surface area (Å²) < 4.78 is 6.68. The molecule has 1 N–H and O–H groups in total. The minimum atomic E-state index is 0.549. The van der Waals surface area contributed by atoms with Crippen LogP contribution < -0.4 is 10.1 Å². The summed E-state index contributed by atoms with van der Waals surface area (Å²) in [5.74, 6) is 1.43. The molecular formula is C15H15BrClNO. The van der Waals surface area contributed by atoms with E-state index in [1.54, 1.807) is 0 Å². The normalized spacial score (nSPS) is 10.2. The zero-order valence-corrected chi connectivity index (χ0v) is 12.7. The van der Waals surface area contributed by atoms with Crippen LogP contribution in [0, 0.1) is 0 Å². The van der Waals surface area contributed by atoms with Crippen molar-refractivity contribution in [1.29, 1.82) is 0 Å². The van der Waals surface area contributed by atoms with Gasteiger partial charge < -0.3 is 10.1 Å². The van der Waals surface area contributed by atoms with Gasteiger partial charge in [-0.2, -0.15) is 0 Å². The Bertz CT molecular complexity index is 499. The van der Waals surface area contributed by atoms with Crippen molar-refractivity contribution in [2.45, 2.75) is 5.88 Å². The predicted molar refractivity (Wildman–Crippen MR) is 84.1 cm³/mol. The van der Waals surface area contributed by atoms with Gasteiger partial charge in [0.2, 0.25) is 0 Å². The monoisotopic (exact) mass is 339 g/mol. The van der Waals surface area contributed by atoms with Crippen molar-refractivity contribution in [1.82, 2.24) is 0 Å². The highest BCUT2D eigenvalue weighted by Crippen LogP contribution is 2.16. The number of ether oxygens (including phenoxy) is 1. The first-order chi connectivity index (χ1) is 9.28. The zero-order valence-electron chi connectivity index (χ0n) is 10.4. The third kappa shape index (κ3) is 4.77. The lowest BCUT2D eigenvalue weighted by atomic mass is 10.2. The van der Waals surface area contributed by atoms with Crippen LogP contribution in [-0.4, -0.2) is 13.2 Å². The van der Waals surface area contributed by atoms with Crippen molar-refractivity contribution in [2.24, 2.45) is 0 Å². The van der Waals surface area contributed by atoms with Crippen molar-refractivity contribution in [2.75, 3.05) is 18.5 Å². The number of nitrogens with one attached hydrogen (secondary N) is 1. The molecule has 2 aromatic rings. The van der Waals surface area contributed by atoms with Gasteiger partial charge in [0.25, 0.3) is 0 Å². The van der Waals surface area contributed by atoms with E-state index in [4.69, 9.17) is 16.3 Å². The van der Waals surface area contributed by atoms with E-state index in [0.29, 0.717) is 12.5 Å². The van der Waals surface area contributed by atoms with Crippen LogP contribution in [0.1, 0.15) is 5.56 Å². The quantitative estimate of drug-likeness (QED) is 0.609. The second-order valence-corrected chi connectivity index (χ2v) is 5.24. The molecule has 0 aliphatic heterocycles. The molecule has 19 heavy (non-hydrogen) atoms. The summed E-state index contributed by atoms with van der Waals surface area (Å²) in [4.78, 5) is 0. The van der Waals surface area contributed by atoms with E-state index in [1.165, 1.54) is 0 Å². The second kappa shape index (κ2) is 7.41. The summed E-state index contributed by atoms with van der Waals surface area (Å²) in [6.07, 6.45) is 0. The Morgan fingerprint density at radius 3 is 2.32 bits per heavy atom. The van der Waals surface area contributed by atoms with Crippen molar-refractivity contribution in [3.8, 4) is 5.75 Å². The Balaban J connectivity index is 1.72. The van der Waals surface area contributed by atoms with Crippen LogP contribution in [-0.2, 0) is 5.88 Å². The molecule has 0 spiro atoms. The highest BCUT2D eigenvalue weighted by molar-refractivity contribution is 9.10. The first-order valence-corrected chi connectivity index (χ1v) is 7.38. The van der Waals surface area contributed by atoms with Gasteiger partial charge in [0, 0.05) is 22.6 Å². The van der Waals surface area contributed by atoms with Crippen molar-refractivity contribution in [3.05, 3.63) is 58.6 Å². The maximum absolute atomic E-state index is 5.74. The number of halogens is 2.